The van der Waals surface area contributed by atoms with E-state index in [2.05, 4.69) is 49.3 Å². The van der Waals surface area contributed by atoms with E-state index in [1.165, 1.54) is 16.1 Å². The van der Waals surface area contributed by atoms with Crippen LogP contribution in [-0.2, 0) is 18.6 Å². The molecule has 3 nitrogen and oxygen atoms in total. The summed E-state index contributed by atoms with van der Waals surface area (Å²) in [6.45, 7) is 6.97. The molecule has 0 amide bonds. The van der Waals surface area contributed by atoms with E-state index in [0.29, 0.717) is 5.92 Å². The van der Waals surface area contributed by atoms with Crippen LogP contribution in [0.1, 0.15) is 49.7 Å². The molecule has 0 saturated carbocycles. The standard InChI is InChI=1S/C24H25N3S2/c1-24(2,3)16-9-10-20-18(13-16)22(21-8-6-12-28-21)19(14-25)23(27-20)29-15-17-7-4-5-11-26-17/h4-8,11-12,16H,9-10,13,15H2,1-3H3. The Balaban J connectivity index is 1.79. The summed E-state index contributed by atoms with van der Waals surface area (Å²) in [5.74, 6) is 1.32. The molecule has 0 N–H and O–H groups in total. The number of aryl methyl sites for hydroxylation is 1. The highest BCUT2D eigenvalue weighted by Gasteiger charge is 2.33. The molecule has 29 heavy (non-hydrogen) atoms. The maximum absolute atomic E-state index is 10.1. The summed E-state index contributed by atoms with van der Waals surface area (Å²) in [5, 5.41) is 13.0. The average molecular weight is 420 g/mol. The number of fused-ring (bicyclic) bond motifs is 1. The Hall–Kier alpha value is -2.16. The van der Waals surface area contributed by atoms with Crippen molar-refractivity contribution in [3.05, 3.63) is 64.4 Å². The summed E-state index contributed by atoms with van der Waals surface area (Å²) < 4.78 is 0. The van der Waals surface area contributed by atoms with Crippen molar-refractivity contribution in [1.29, 1.82) is 5.26 Å². The third-order valence-electron chi connectivity index (χ3n) is 5.72. The fraction of sp³-hybridized carbons (Fsp3) is 0.375. The molecule has 0 saturated heterocycles. The van der Waals surface area contributed by atoms with Gasteiger partial charge in [0.25, 0.3) is 0 Å². The van der Waals surface area contributed by atoms with Crippen molar-refractivity contribution in [3.63, 3.8) is 0 Å². The summed E-state index contributed by atoms with van der Waals surface area (Å²) in [6.07, 6.45) is 4.95. The Labute approximate surface area is 181 Å². The number of pyridine rings is 2. The fourth-order valence-corrected chi connectivity index (χ4v) is 5.73. The Bertz CT molecular complexity index is 1030. The normalized spacial score (nSPS) is 16.3. The molecule has 1 aliphatic rings. The topological polar surface area (TPSA) is 49.6 Å². The number of nitriles is 1. The van der Waals surface area contributed by atoms with Gasteiger partial charge in [0.05, 0.1) is 11.3 Å². The minimum Gasteiger partial charge on any atom is -0.260 e. The first-order chi connectivity index (χ1) is 14.0. The molecule has 3 aromatic heterocycles. The predicted molar refractivity (Wildman–Crippen MR) is 121 cm³/mol. The van der Waals surface area contributed by atoms with E-state index >= 15 is 0 Å². The van der Waals surface area contributed by atoms with Gasteiger partial charge >= 0.3 is 0 Å². The molecular weight excluding hydrogens is 394 g/mol. The molecule has 4 rings (SSSR count). The molecular formula is C24H25N3S2. The lowest BCUT2D eigenvalue weighted by molar-refractivity contribution is 0.215. The fourth-order valence-electron chi connectivity index (χ4n) is 4.00. The van der Waals surface area contributed by atoms with Gasteiger partial charge in [0, 0.05) is 28.1 Å². The number of thiophene rings is 1. The highest BCUT2D eigenvalue weighted by molar-refractivity contribution is 7.98. The molecule has 0 aliphatic heterocycles. The summed E-state index contributed by atoms with van der Waals surface area (Å²) in [7, 11) is 0. The highest BCUT2D eigenvalue weighted by atomic mass is 32.2. The van der Waals surface area contributed by atoms with Gasteiger partial charge in [-0.1, -0.05) is 44.7 Å². The summed E-state index contributed by atoms with van der Waals surface area (Å²) in [5.41, 5.74) is 5.57. The van der Waals surface area contributed by atoms with E-state index in [9.17, 15) is 5.26 Å². The van der Waals surface area contributed by atoms with Crippen molar-refractivity contribution in [2.75, 3.05) is 0 Å². The van der Waals surface area contributed by atoms with Gasteiger partial charge in [-0.2, -0.15) is 5.26 Å². The van der Waals surface area contributed by atoms with Gasteiger partial charge in [-0.25, -0.2) is 4.98 Å². The first-order valence-corrected chi connectivity index (χ1v) is 11.9. The van der Waals surface area contributed by atoms with Crippen molar-refractivity contribution < 1.29 is 0 Å². The molecule has 3 heterocycles. The number of aromatic nitrogens is 2. The maximum atomic E-state index is 10.1. The first-order valence-electron chi connectivity index (χ1n) is 10.00. The average Bonchev–Trinajstić information content (AvgIpc) is 3.25. The molecule has 1 unspecified atom stereocenters. The molecule has 0 aromatic carbocycles. The van der Waals surface area contributed by atoms with Gasteiger partial charge in [0.15, 0.2) is 0 Å². The first kappa shape index (κ1) is 20.1. The van der Waals surface area contributed by atoms with Gasteiger partial charge in [-0.15, -0.1) is 11.3 Å². The molecule has 148 valence electrons. The van der Waals surface area contributed by atoms with Crippen LogP contribution in [-0.4, -0.2) is 9.97 Å². The quantitative estimate of drug-likeness (QED) is 0.452. The van der Waals surface area contributed by atoms with Crippen LogP contribution < -0.4 is 0 Å². The number of rotatable bonds is 4. The Morgan fingerprint density at radius 1 is 1.24 bits per heavy atom. The molecule has 0 spiro atoms. The van der Waals surface area contributed by atoms with Crippen LogP contribution in [0.4, 0.5) is 0 Å². The van der Waals surface area contributed by atoms with Crippen molar-refractivity contribution >= 4 is 23.1 Å². The van der Waals surface area contributed by atoms with Gasteiger partial charge in [-0.05, 0) is 59.7 Å². The lowest BCUT2D eigenvalue weighted by Crippen LogP contribution is -2.28. The summed E-state index contributed by atoms with van der Waals surface area (Å²) in [4.78, 5) is 10.6. The highest BCUT2D eigenvalue weighted by Crippen LogP contribution is 2.44. The van der Waals surface area contributed by atoms with Gasteiger partial charge in [-0.3, -0.25) is 4.98 Å². The van der Waals surface area contributed by atoms with E-state index in [4.69, 9.17) is 4.98 Å². The maximum Gasteiger partial charge on any atom is 0.115 e. The zero-order chi connectivity index (χ0) is 20.4. The van der Waals surface area contributed by atoms with Crippen LogP contribution >= 0.6 is 23.1 Å². The van der Waals surface area contributed by atoms with Crippen molar-refractivity contribution in [2.45, 2.75) is 50.8 Å². The third kappa shape index (κ3) is 4.24. The molecule has 0 radical (unpaired) electrons. The van der Waals surface area contributed by atoms with Gasteiger partial charge in [0.1, 0.15) is 11.1 Å². The van der Waals surface area contributed by atoms with Crippen LogP contribution in [0, 0.1) is 22.7 Å². The van der Waals surface area contributed by atoms with Crippen molar-refractivity contribution in [1.82, 2.24) is 9.97 Å². The van der Waals surface area contributed by atoms with E-state index in [-0.39, 0.29) is 5.41 Å². The molecule has 1 atom stereocenters. The molecule has 3 aromatic rings. The number of hydrogen-bond acceptors (Lipinski definition) is 5. The van der Waals surface area contributed by atoms with Crippen LogP contribution in [0.3, 0.4) is 0 Å². The lowest BCUT2D eigenvalue weighted by Gasteiger charge is -2.35. The lowest BCUT2D eigenvalue weighted by atomic mass is 9.70. The van der Waals surface area contributed by atoms with E-state index in [1.54, 1.807) is 23.1 Å². The Kier molecular flexibility index (Phi) is 5.76. The van der Waals surface area contributed by atoms with Crippen LogP contribution in [0.5, 0.6) is 0 Å². The Morgan fingerprint density at radius 3 is 2.76 bits per heavy atom. The third-order valence-corrected chi connectivity index (χ3v) is 7.61. The second-order valence-corrected chi connectivity index (χ2v) is 10.5. The number of hydrogen-bond donors (Lipinski definition) is 0. The van der Waals surface area contributed by atoms with Crippen LogP contribution in [0.2, 0.25) is 0 Å². The van der Waals surface area contributed by atoms with Gasteiger partial charge in [0.2, 0.25) is 0 Å². The van der Waals surface area contributed by atoms with Crippen molar-refractivity contribution in [3.8, 4) is 16.5 Å². The second-order valence-electron chi connectivity index (χ2n) is 8.60. The van der Waals surface area contributed by atoms with E-state index in [1.807, 2.05) is 24.4 Å². The van der Waals surface area contributed by atoms with Crippen molar-refractivity contribution in [2.24, 2.45) is 11.3 Å². The SMILES string of the molecule is CC(C)(C)C1CCc2nc(SCc3ccccn3)c(C#N)c(-c3cccs3)c2C1. The second kappa shape index (κ2) is 8.30. The molecule has 1 aliphatic carbocycles. The predicted octanol–water partition coefficient (Wildman–Crippen LogP) is 6.52. The molecule has 0 fully saturated rings. The minimum atomic E-state index is 0.254. The van der Waals surface area contributed by atoms with Gasteiger partial charge < -0.3 is 0 Å². The molecule has 5 heteroatoms. The van der Waals surface area contributed by atoms with E-state index in [0.717, 1.165) is 46.9 Å². The smallest absolute Gasteiger partial charge is 0.115 e. The summed E-state index contributed by atoms with van der Waals surface area (Å²) >= 11 is 3.33. The summed E-state index contributed by atoms with van der Waals surface area (Å²) in [6, 6.07) is 12.6. The monoisotopic (exact) mass is 419 g/mol. The zero-order valence-corrected chi connectivity index (χ0v) is 18.7. The van der Waals surface area contributed by atoms with E-state index < -0.39 is 0 Å². The largest absolute Gasteiger partial charge is 0.260 e. The molecule has 0 bridgehead atoms. The van der Waals surface area contributed by atoms with Crippen LogP contribution in [0.25, 0.3) is 10.4 Å². The van der Waals surface area contributed by atoms with Crippen LogP contribution in [0.15, 0.2) is 46.9 Å². The number of nitrogens with zero attached hydrogens (tertiary/aromatic N) is 3. The number of thioether (sulfide) groups is 1. The Morgan fingerprint density at radius 2 is 2.10 bits per heavy atom. The minimum absolute atomic E-state index is 0.254. The zero-order valence-electron chi connectivity index (χ0n) is 17.1.